The molecule has 1 amide bonds. The van der Waals surface area contributed by atoms with Crippen molar-refractivity contribution < 1.29 is 27.3 Å². The van der Waals surface area contributed by atoms with Crippen LogP contribution in [0, 0.1) is 0 Å². The van der Waals surface area contributed by atoms with Crippen LogP contribution >= 0.6 is 0 Å². The molecule has 3 N–H and O–H groups in total. The molecule has 0 radical (unpaired) electrons. The Labute approximate surface area is 165 Å². The highest BCUT2D eigenvalue weighted by atomic mass is 32.2. The summed E-state index contributed by atoms with van der Waals surface area (Å²) in [6, 6.07) is 7.81. The molecular weight excluding hydrogens is 409 g/mol. The van der Waals surface area contributed by atoms with Crippen LogP contribution in [0.15, 0.2) is 47.1 Å². The Morgan fingerprint density at radius 2 is 1.86 bits per heavy atom. The van der Waals surface area contributed by atoms with E-state index in [0.29, 0.717) is 11.3 Å². The fourth-order valence-corrected chi connectivity index (χ4v) is 4.97. The largest absolute Gasteiger partial charge is 0.423 e. The molecule has 3 rings (SSSR count). The molecule has 0 saturated heterocycles. The Bertz CT molecular complexity index is 1010. The van der Waals surface area contributed by atoms with Gasteiger partial charge in [0.05, 0.1) is 39.6 Å². The Morgan fingerprint density at radius 3 is 2.41 bits per heavy atom. The molecule has 29 heavy (non-hydrogen) atoms. The molecule has 2 unspecified atom stereocenters. The van der Waals surface area contributed by atoms with Crippen LogP contribution in [0.2, 0.25) is 0 Å². The summed E-state index contributed by atoms with van der Waals surface area (Å²) in [5.41, 5.74) is 2.39. The van der Waals surface area contributed by atoms with Crippen molar-refractivity contribution in [3.05, 3.63) is 48.4 Å². The molecule has 0 spiro atoms. The van der Waals surface area contributed by atoms with Gasteiger partial charge in [-0.1, -0.05) is 30.3 Å². The first-order chi connectivity index (χ1) is 13.5. The smallest absolute Gasteiger partial charge is 0.375 e. The SMILES string of the molecule is N[C@H]1CCS(=O)(CCC(O)(c2cnc(-c3ccccc3)cn2)C(F)(F)F)=NC1=O. The highest BCUT2D eigenvalue weighted by molar-refractivity contribution is 7.93. The van der Waals surface area contributed by atoms with Gasteiger partial charge in [0.25, 0.3) is 5.91 Å². The number of aromatic nitrogens is 2. The summed E-state index contributed by atoms with van der Waals surface area (Å²) in [6.07, 6.45) is -4.02. The number of halogens is 3. The number of carbonyl (C=O) groups excluding carboxylic acids is 1. The van der Waals surface area contributed by atoms with Gasteiger partial charge >= 0.3 is 6.18 Å². The van der Waals surface area contributed by atoms with Crippen molar-refractivity contribution in [2.45, 2.75) is 30.7 Å². The number of amides is 1. The molecule has 1 aromatic carbocycles. The summed E-state index contributed by atoms with van der Waals surface area (Å²) >= 11 is 0. The van der Waals surface area contributed by atoms with E-state index in [2.05, 4.69) is 14.3 Å². The van der Waals surface area contributed by atoms with Gasteiger partial charge < -0.3 is 10.8 Å². The van der Waals surface area contributed by atoms with Crippen LogP contribution in [0.3, 0.4) is 0 Å². The van der Waals surface area contributed by atoms with Gasteiger partial charge in [0.15, 0.2) is 0 Å². The summed E-state index contributed by atoms with van der Waals surface area (Å²) in [6.45, 7) is 0. The Kier molecular flexibility index (Phi) is 5.74. The first-order valence-electron chi connectivity index (χ1n) is 8.73. The number of nitrogens with zero attached hydrogens (tertiary/aromatic N) is 3. The highest BCUT2D eigenvalue weighted by Gasteiger charge is 2.56. The average Bonchev–Trinajstić information content (AvgIpc) is 2.69. The molecular formula is C18H19F3N4O3S. The lowest BCUT2D eigenvalue weighted by Crippen LogP contribution is -2.45. The van der Waals surface area contributed by atoms with Crippen LogP contribution < -0.4 is 5.73 Å². The predicted molar refractivity (Wildman–Crippen MR) is 99.9 cm³/mol. The zero-order valence-corrected chi connectivity index (χ0v) is 16.0. The zero-order chi connectivity index (χ0) is 21.3. The summed E-state index contributed by atoms with van der Waals surface area (Å²) in [5.74, 6) is -1.53. The fourth-order valence-electron chi connectivity index (χ4n) is 2.88. The average molecular weight is 428 g/mol. The third kappa shape index (κ3) is 4.46. The van der Waals surface area contributed by atoms with Crippen molar-refractivity contribution in [2.24, 2.45) is 10.1 Å². The van der Waals surface area contributed by atoms with Crippen LogP contribution in [0.5, 0.6) is 0 Å². The summed E-state index contributed by atoms with van der Waals surface area (Å²) in [7, 11) is -3.24. The monoisotopic (exact) mass is 428 g/mol. The van der Waals surface area contributed by atoms with E-state index in [1.807, 2.05) is 0 Å². The Balaban J connectivity index is 1.89. The van der Waals surface area contributed by atoms with E-state index >= 15 is 0 Å². The topological polar surface area (TPSA) is 119 Å². The third-order valence-corrected chi connectivity index (χ3v) is 6.95. The second-order valence-electron chi connectivity index (χ2n) is 6.77. The first-order valence-corrected chi connectivity index (χ1v) is 10.6. The van der Waals surface area contributed by atoms with Gasteiger partial charge in [-0.3, -0.25) is 14.8 Å². The van der Waals surface area contributed by atoms with Crippen molar-refractivity contribution in [3.8, 4) is 11.3 Å². The minimum absolute atomic E-state index is 0.0667. The van der Waals surface area contributed by atoms with Gasteiger partial charge in [-0.15, -0.1) is 0 Å². The van der Waals surface area contributed by atoms with Crippen LogP contribution in [0.25, 0.3) is 11.3 Å². The zero-order valence-electron chi connectivity index (χ0n) is 15.2. The van der Waals surface area contributed by atoms with Crippen molar-refractivity contribution in [3.63, 3.8) is 0 Å². The second-order valence-corrected chi connectivity index (χ2v) is 9.31. The number of nitrogens with two attached hydrogens (primary N) is 1. The maximum absolute atomic E-state index is 13.7. The normalized spacial score (nSPS) is 24.6. The van der Waals surface area contributed by atoms with Crippen LogP contribution in [0.4, 0.5) is 13.2 Å². The number of benzene rings is 1. The molecule has 1 aliphatic heterocycles. The molecule has 0 fully saturated rings. The van der Waals surface area contributed by atoms with Crippen LogP contribution in [-0.4, -0.2) is 48.9 Å². The van der Waals surface area contributed by atoms with E-state index in [9.17, 15) is 27.3 Å². The molecule has 1 aromatic heterocycles. The number of rotatable bonds is 5. The number of hydrogen-bond acceptors (Lipinski definition) is 6. The molecule has 0 bridgehead atoms. The van der Waals surface area contributed by atoms with Crippen molar-refractivity contribution >= 4 is 15.6 Å². The van der Waals surface area contributed by atoms with Crippen LogP contribution in [0.1, 0.15) is 18.5 Å². The number of hydrogen-bond donors (Lipinski definition) is 2. The fraction of sp³-hybridized carbons (Fsp3) is 0.389. The van der Waals surface area contributed by atoms with E-state index in [4.69, 9.17) is 5.73 Å². The number of alkyl halides is 3. The van der Waals surface area contributed by atoms with Gasteiger partial charge in [-0.05, 0) is 6.42 Å². The molecule has 1 aliphatic rings. The third-order valence-electron chi connectivity index (χ3n) is 4.72. The minimum atomic E-state index is -5.10. The van der Waals surface area contributed by atoms with Gasteiger partial charge in [0, 0.05) is 23.5 Å². The van der Waals surface area contributed by atoms with Gasteiger partial charge in [0.1, 0.15) is 0 Å². The quantitative estimate of drug-likeness (QED) is 0.752. The Hall–Kier alpha value is -2.37. The van der Waals surface area contributed by atoms with E-state index in [-0.39, 0.29) is 12.2 Å². The Morgan fingerprint density at radius 1 is 1.17 bits per heavy atom. The first kappa shape index (κ1) is 21.3. The van der Waals surface area contributed by atoms with E-state index in [1.165, 1.54) is 0 Å². The standard InChI is InChI=1S/C18H19F3N4O3S/c19-18(20,21)17(27,7-9-29(28)8-6-13(22)16(26)25-29)15-11-23-14(10-24-15)12-4-2-1-3-5-12/h1-5,10-11,13,27H,6-9,22H2/t13-,17?,29?/m0/s1. The van der Waals surface area contributed by atoms with Gasteiger partial charge in [-0.25, -0.2) is 4.21 Å². The summed E-state index contributed by atoms with van der Waals surface area (Å²) < 4.78 is 57.2. The van der Waals surface area contributed by atoms with Crippen molar-refractivity contribution in [2.75, 3.05) is 11.5 Å². The molecule has 2 heterocycles. The number of aliphatic hydroxyl groups is 1. The molecule has 3 atom stereocenters. The van der Waals surface area contributed by atoms with Gasteiger partial charge in [-0.2, -0.15) is 17.5 Å². The summed E-state index contributed by atoms with van der Waals surface area (Å²) in [5, 5.41) is 10.4. The minimum Gasteiger partial charge on any atom is -0.375 e. The summed E-state index contributed by atoms with van der Waals surface area (Å²) in [4.78, 5) is 19.3. The number of carbonyl (C=O) groups is 1. The molecule has 11 heteroatoms. The van der Waals surface area contributed by atoms with E-state index < -0.39 is 51.3 Å². The maximum Gasteiger partial charge on any atom is 0.423 e. The lowest BCUT2D eigenvalue weighted by Gasteiger charge is -2.30. The van der Waals surface area contributed by atoms with Gasteiger partial charge in [0.2, 0.25) is 5.60 Å². The second kappa shape index (κ2) is 7.81. The lowest BCUT2D eigenvalue weighted by molar-refractivity contribution is -0.269. The highest BCUT2D eigenvalue weighted by Crippen LogP contribution is 2.41. The van der Waals surface area contributed by atoms with Crippen molar-refractivity contribution in [1.82, 2.24) is 9.97 Å². The maximum atomic E-state index is 13.7. The molecule has 156 valence electrons. The van der Waals surface area contributed by atoms with Crippen molar-refractivity contribution in [1.29, 1.82) is 0 Å². The van der Waals surface area contributed by atoms with E-state index in [0.717, 1.165) is 12.4 Å². The molecule has 0 saturated carbocycles. The molecule has 2 aromatic rings. The predicted octanol–water partition coefficient (Wildman–Crippen LogP) is 2.01. The lowest BCUT2D eigenvalue weighted by atomic mass is 9.96. The van der Waals surface area contributed by atoms with Crippen LogP contribution in [-0.2, 0) is 20.1 Å². The molecule has 7 nitrogen and oxygen atoms in total. The van der Waals surface area contributed by atoms with E-state index in [1.54, 1.807) is 30.3 Å². The molecule has 0 aliphatic carbocycles.